The molecule has 0 aliphatic rings. The summed E-state index contributed by atoms with van der Waals surface area (Å²) in [5.41, 5.74) is 6.72. The van der Waals surface area contributed by atoms with Crippen LogP contribution in [0.4, 0.5) is 0 Å². The third-order valence-corrected chi connectivity index (χ3v) is 3.55. The van der Waals surface area contributed by atoms with Gasteiger partial charge < -0.3 is 10.7 Å². The lowest BCUT2D eigenvalue weighted by Crippen LogP contribution is -2.05. The van der Waals surface area contributed by atoms with Gasteiger partial charge in [-0.25, -0.2) is 4.98 Å². The Bertz CT molecular complexity index is 496. The van der Waals surface area contributed by atoms with E-state index in [0.29, 0.717) is 0 Å². The Kier molecular flexibility index (Phi) is 4.10. The van der Waals surface area contributed by atoms with Crippen molar-refractivity contribution in [1.82, 2.24) is 9.97 Å². The predicted octanol–water partition coefficient (Wildman–Crippen LogP) is 3.38. The molecule has 1 heterocycles. The Labute approximate surface area is 110 Å². The summed E-state index contributed by atoms with van der Waals surface area (Å²) in [5, 5.41) is 0.755. The van der Waals surface area contributed by atoms with Crippen molar-refractivity contribution in [2.24, 2.45) is 5.73 Å². The fourth-order valence-corrected chi connectivity index (χ4v) is 2.48. The van der Waals surface area contributed by atoms with E-state index in [-0.39, 0.29) is 6.04 Å². The lowest BCUT2D eigenvalue weighted by Gasteiger charge is -2.01. The summed E-state index contributed by atoms with van der Waals surface area (Å²) in [4.78, 5) is 8.63. The Morgan fingerprint density at radius 3 is 3.00 bits per heavy atom. The lowest BCUT2D eigenvalue weighted by molar-refractivity contribution is 0.785. The molecule has 0 saturated carbocycles. The van der Waals surface area contributed by atoms with Gasteiger partial charge in [-0.2, -0.15) is 0 Å². The first-order valence-corrected chi connectivity index (χ1v) is 6.69. The van der Waals surface area contributed by atoms with Gasteiger partial charge >= 0.3 is 0 Å². The third-order valence-electron chi connectivity index (χ3n) is 2.31. The molecule has 0 saturated heterocycles. The summed E-state index contributed by atoms with van der Waals surface area (Å²) in [6, 6.07) is 7.79. The molecule has 2 rings (SSSR count). The largest absolute Gasteiger partial charge is 0.344 e. The molecular weight excluding hydrogens is 254 g/mol. The van der Waals surface area contributed by atoms with E-state index in [1.165, 1.54) is 0 Å². The normalized spacial score (nSPS) is 12.6. The first kappa shape index (κ1) is 12.5. The van der Waals surface area contributed by atoms with Crippen molar-refractivity contribution in [2.75, 3.05) is 0 Å². The minimum absolute atomic E-state index is 0.00702. The summed E-state index contributed by atoms with van der Waals surface area (Å²) in [7, 11) is 0. The standard InChI is InChI=1S/C12H14ClN3S/c1-8(14)11-6-15-12(16-11)7-17-10-4-2-3-9(13)5-10/h2-6,8H,7,14H2,1H3,(H,15,16). The fraction of sp³-hybridized carbons (Fsp3) is 0.250. The van der Waals surface area contributed by atoms with Gasteiger partial charge in [0.05, 0.1) is 11.4 Å². The maximum absolute atomic E-state index is 5.92. The van der Waals surface area contributed by atoms with Gasteiger partial charge in [-0.3, -0.25) is 0 Å². The molecule has 1 aromatic heterocycles. The summed E-state index contributed by atoms with van der Waals surface area (Å²) >= 11 is 7.61. The van der Waals surface area contributed by atoms with Crippen LogP contribution in [0.1, 0.15) is 24.5 Å². The fourth-order valence-electron chi connectivity index (χ4n) is 1.39. The second kappa shape index (κ2) is 5.58. The SMILES string of the molecule is CC(N)c1cnc(CSc2cccc(Cl)c2)[nH]1. The minimum atomic E-state index is -0.00702. The van der Waals surface area contributed by atoms with Crippen LogP contribution in [0, 0.1) is 0 Å². The van der Waals surface area contributed by atoms with E-state index in [0.717, 1.165) is 27.2 Å². The van der Waals surface area contributed by atoms with E-state index < -0.39 is 0 Å². The second-order valence-corrected chi connectivity index (χ2v) is 5.31. The van der Waals surface area contributed by atoms with Crippen molar-refractivity contribution in [3.63, 3.8) is 0 Å². The first-order chi connectivity index (χ1) is 8.15. The number of hydrogen-bond acceptors (Lipinski definition) is 3. The number of aromatic amines is 1. The molecule has 1 unspecified atom stereocenters. The van der Waals surface area contributed by atoms with Gasteiger partial charge in [0.15, 0.2) is 0 Å². The molecule has 2 aromatic rings. The molecule has 3 nitrogen and oxygen atoms in total. The summed E-state index contributed by atoms with van der Waals surface area (Å²) in [5.74, 6) is 1.72. The number of nitrogens with two attached hydrogens (primary N) is 1. The van der Waals surface area contributed by atoms with Gasteiger partial charge in [0.1, 0.15) is 5.82 Å². The van der Waals surface area contributed by atoms with Crippen LogP contribution in [0.25, 0.3) is 0 Å². The van der Waals surface area contributed by atoms with Crippen molar-refractivity contribution < 1.29 is 0 Å². The molecule has 0 amide bonds. The summed E-state index contributed by atoms with van der Waals surface area (Å²) in [6.45, 7) is 1.93. The highest BCUT2D eigenvalue weighted by Gasteiger charge is 2.05. The second-order valence-electron chi connectivity index (χ2n) is 3.82. The molecule has 5 heteroatoms. The number of nitrogens with zero attached hydrogens (tertiary/aromatic N) is 1. The van der Waals surface area contributed by atoms with Crippen LogP contribution >= 0.6 is 23.4 Å². The number of nitrogens with one attached hydrogen (secondary N) is 1. The number of rotatable bonds is 4. The van der Waals surface area contributed by atoms with Crippen molar-refractivity contribution in [2.45, 2.75) is 23.6 Å². The maximum atomic E-state index is 5.92. The van der Waals surface area contributed by atoms with Gasteiger partial charge in [0.2, 0.25) is 0 Å². The van der Waals surface area contributed by atoms with Gasteiger partial charge in [-0.05, 0) is 25.1 Å². The molecule has 0 aliphatic carbocycles. The average Bonchev–Trinajstić information content (AvgIpc) is 2.75. The monoisotopic (exact) mass is 267 g/mol. The topological polar surface area (TPSA) is 54.7 Å². The lowest BCUT2D eigenvalue weighted by atomic mass is 10.3. The minimum Gasteiger partial charge on any atom is -0.344 e. The van der Waals surface area contributed by atoms with E-state index in [4.69, 9.17) is 17.3 Å². The van der Waals surface area contributed by atoms with Crippen LogP contribution in [0.2, 0.25) is 5.02 Å². The predicted molar refractivity (Wildman–Crippen MR) is 72.2 cm³/mol. The van der Waals surface area contributed by atoms with Gasteiger partial charge in [-0.15, -0.1) is 11.8 Å². The van der Waals surface area contributed by atoms with Gasteiger partial charge in [-0.1, -0.05) is 17.7 Å². The molecule has 3 N–H and O–H groups in total. The van der Waals surface area contributed by atoms with Crippen molar-refractivity contribution in [1.29, 1.82) is 0 Å². The van der Waals surface area contributed by atoms with Crippen LogP contribution in [0.15, 0.2) is 35.4 Å². The van der Waals surface area contributed by atoms with Crippen LogP contribution in [0.3, 0.4) is 0 Å². The summed E-state index contributed by atoms with van der Waals surface area (Å²) < 4.78 is 0. The Hall–Kier alpha value is -0.970. The number of benzene rings is 1. The number of H-pyrrole nitrogens is 1. The van der Waals surface area contributed by atoms with Crippen LogP contribution < -0.4 is 5.73 Å². The number of hydrogen-bond donors (Lipinski definition) is 2. The van der Waals surface area contributed by atoms with E-state index >= 15 is 0 Å². The average molecular weight is 268 g/mol. The van der Waals surface area contributed by atoms with E-state index in [2.05, 4.69) is 9.97 Å². The molecule has 0 fully saturated rings. The van der Waals surface area contributed by atoms with E-state index in [1.54, 1.807) is 18.0 Å². The molecule has 0 spiro atoms. The van der Waals surface area contributed by atoms with Crippen molar-refractivity contribution >= 4 is 23.4 Å². The zero-order valence-electron chi connectivity index (χ0n) is 9.48. The highest BCUT2D eigenvalue weighted by Crippen LogP contribution is 2.24. The van der Waals surface area contributed by atoms with Gasteiger partial charge in [0, 0.05) is 22.2 Å². The Morgan fingerprint density at radius 1 is 1.53 bits per heavy atom. The zero-order chi connectivity index (χ0) is 12.3. The number of thioether (sulfide) groups is 1. The van der Waals surface area contributed by atoms with E-state index in [1.807, 2.05) is 31.2 Å². The van der Waals surface area contributed by atoms with Crippen molar-refractivity contribution in [3.05, 3.63) is 47.0 Å². The Morgan fingerprint density at radius 2 is 2.35 bits per heavy atom. The van der Waals surface area contributed by atoms with Crippen LogP contribution in [-0.4, -0.2) is 9.97 Å². The molecule has 17 heavy (non-hydrogen) atoms. The number of aromatic nitrogens is 2. The molecule has 1 atom stereocenters. The smallest absolute Gasteiger partial charge is 0.116 e. The number of imidazole rings is 1. The van der Waals surface area contributed by atoms with Gasteiger partial charge in [0.25, 0.3) is 0 Å². The van der Waals surface area contributed by atoms with Crippen molar-refractivity contribution in [3.8, 4) is 0 Å². The van der Waals surface area contributed by atoms with Crippen LogP contribution in [0.5, 0.6) is 0 Å². The number of halogens is 1. The zero-order valence-corrected chi connectivity index (χ0v) is 11.1. The Balaban J connectivity index is 1.97. The highest BCUT2D eigenvalue weighted by atomic mass is 35.5. The molecule has 0 aliphatic heterocycles. The first-order valence-electron chi connectivity index (χ1n) is 5.33. The maximum Gasteiger partial charge on any atom is 0.116 e. The third kappa shape index (κ3) is 3.49. The summed E-state index contributed by atoms with van der Waals surface area (Å²) in [6.07, 6.45) is 1.79. The van der Waals surface area contributed by atoms with Crippen LogP contribution in [-0.2, 0) is 5.75 Å². The molecule has 1 aromatic carbocycles. The molecular formula is C12H14ClN3S. The molecule has 0 bridgehead atoms. The molecule has 90 valence electrons. The molecule has 0 radical (unpaired) electrons. The highest BCUT2D eigenvalue weighted by molar-refractivity contribution is 7.98. The quantitative estimate of drug-likeness (QED) is 0.835. The van der Waals surface area contributed by atoms with E-state index in [9.17, 15) is 0 Å².